The summed E-state index contributed by atoms with van der Waals surface area (Å²) in [6.07, 6.45) is 2.46. The van der Waals surface area contributed by atoms with Crippen molar-refractivity contribution in [1.29, 1.82) is 0 Å². The number of fused-ring (bicyclic) bond motifs is 1. The van der Waals surface area contributed by atoms with Gasteiger partial charge in [-0.25, -0.2) is 0 Å². The van der Waals surface area contributed by atoms with E-state index in [0.29, 0.717) is 12.3 Å². The van der Waals surface area contributed by atoms with Gasteiger partial charge in [-0.2, -0.15) is 0 Å². The van der Waals surface area contributed by atoms with E-state index in [2.05, 4.69) is 5.32 Å². The highest BCUT2D eigenvalue weighted by molar-refractivity contribution is 5.91. The number of likely N-dealkylation sites (tertiary alicyclic amines) is 1. The molecule has 0 radical (unpaired) electrons. The van der Waals surface area contributed by atoms with Gasteiger partial charge in [-0.1, -0.05) is 0 Å². The van der Waals surface area contributed by atoms with Gasteiger partial charge >= 0.3 is 0 Å². The fraction of sp³-hybridized carbons (Fsp3) is 0.462. The molecule has 0 atom stereocenters. The number of hydrogen-bond donors (Lipinski definition) is 2. The predicted molar refractivity (Wildman–Crippen MR) is 66.0 cm³/mol. The Kier molecular flexibility index (Phi) is 3.06. The van der Waals surface area contributed by atoms with Crippen LogP contribution >= 0.6 is 0 Å². The summed E-state index contributed by atoms with van der Waals surface area (Å²) in [7, 11) is 0. The SMILES string of the molecule is O=C(C[NH+]1CCCC1)Nc1ccc2c(c1)OCO2. The number of ether oxygens (including phenoxy) is 2. The smallest absolute Gasteiger partial charge is 0.279 e. The van der Waals surface area contributed by atoms with Gasteiger partial charge in [0.05, 0.1) is 13.1 Å². The number of nitrogens with one attached hydrogen (secondary N) is 2. The van der Waals surface area contributed by atoms with Gasteiger partial charge in [0, 0.05) is 24.6 Å². The Labute approximate surface area is 106 Å². The zero-order chi connectivity index (χ0) is 12.4. The lowest BCUT2D eigenvalue weighted by Gasteiger charge is -2.12. The molecule has 1 fully saturated rings. The van der Waals surface area contributed by atoms with Crippen LogP contribution in [0.4, 0.5) is 5.69 Å². The normalized spacial score (nSPS) is 18.0. The van der Waals surface area contributed by atoms with Crippen LogP contribution in [0.2, 0.25) is 0 Å². The number of carbonyl (C=O) groups is 1. The Morgan fingerprint density at radius 2 is 2.00 bits per heavy atom. The number of amides is 1. The van der Waals surface area contributed by atoms with Crippen LogP contribution in [0.3, 0.4) is 0 Å². The maximum atomic E-state index is 11.9. The molecule has 0 aliphatic carbocycles. The lowest BCUT2D eigenvalue weighted by Crippen LogP contribution is -3.11. The van der Waals surface area contributed by atoms with Crippen molar-refractivity contribution in [3.63, 3.8) is 0 Å². The molecule has 18 heavy (non-hydrogen) atoms. The minimum atomic E-state index is 0.0609. The molecular formula is C13H17N2O3+. The van der Waals surface area contributed by atoms with Crippen LogP contribution in [0.15, 0.2) is 18.2 Å². The van der Waals surface area contributed by atoms with Gasteiger partial charge in [0.2, 0.25) is 6.79 Å². The lowest BCUT2D eigenvalue weighted by atomic mass is 10.2. The number of carbonyl (C=O) groups excluding carboxylic acids is 1. The van der Waals surface area contributed by atoms with E-state index in [0.717, 1.165) is 24.5 Å². The molecular weight excluding hydrogens is 232 g/mol. The monoisotopic (exact) mass is 249 g/mol. The van der Waals surface area contributed by atoms with Crippen LogP contribution in [0.25, 0.3) is 0 Å². The summed E-state index contributed by atoms with van der Waals surface area (Å²) in [4.78, 5) is 13.2. The van der Waals surface area contributed by atoms with Crippen molar-refractivity contribution in [2.75, 3.05) is 31.7 Å². The molecule has 96 valence electrons. The van der Waals surface area contributed by atoms with Crippen molar-refractivity contribution >= 4 is 11.6 Å². The predicted octanol–water partition coefficient (Wildman–Crippen LogP) is 0.0325. The number of hydrogen-bond acceptors (Lipinski definition) is 3. The molecule has 2 heterocycles. The Morgan fingerprint density at radius 3 is 2.83 bits per heavy atom. The summed E-state index contributed by atoms with van der Waals surface area (Å²) < 4.78 is 10.5. The molecule has 2 N–H and O–H groups in total. The van der Waals surface area contributed by atoms with E-state index in [4.69, 9.17) is 9.47 Å². The quantitative estimate of drug-likeness (QED) is 0.795. The Balaban J connectivity index is 1.60. The molecule has 0 unspecified atom stereocenters. The van der Waals surface area contributed by atoms with Gasteiger partial charge in [-0.3, -0.25) is 4.79 Å². The van der Waals surface area contributed by atoms with Crippen LogP contribution in [0, 0.1) is 0 Å². The Bertz CT molecular complexity index is 456. The third-order valence-corrected chi connectivity index (χ3v) is 3.38. The fourth-order valence-electron chi connectivity index (χ4n) is 2.46. The van der Waals surface area contributed by atoms with Crippen LogP contribution in [0.5, 0.6) is 11.5 Å². The number of anilines is 1. The zero-order valence-electron chi connectivity index (χ0n) is 10.2. The van der Waals surface area contributed by atoms with Crippen molar-refractivity contribution < 1.29 is 19.2 Å². The molecule has 5 heteroatoms. The van der Waals surface area contributed by atoms with E-state index in [1.165, 1.54) is 17.7 Å². The minimum absolute atomic E-state index is 0.0609. The molecule has 5 nitrogen and oxygen atoms in total. The van der Waals surface area contributed by atoms with Gasteiger partial charge < -0.3 is 19.7 Å². The molecule has 2 aliphatic rings. The van der Waals surface area contributed by atoms with Crippen molar-refractivity contribution in [2.45, 2.75) is 12.8 Å². The lowest BCUT2D eigenvalue weighted by molar-refractivity contribution is -0.878. The molecule has 1 aromatic rings. The second-order valence-electron chi connectivity index (χ2n) is 4.75. The zero-order valence-corrected chi connectivity index (χ0v) is 10.2. The second kappa shape index (κ2) is 4.86. The standard InChI is InChI=1S/C13H16N2O3/c16-13(8-15-5-1-2-6-15)14-10-3-4-11-12(7-10)18-9-17-11/h3-4,7H,1-2,5-6,8-9H2,(H,14,16)/p+1. The van der Waals surface area contributed by atoms with Crippen LogP contribution in [-0.4, -0.2) is 32.3 Å². The summed E-state index contributed by atoms with van der Waals surface area (Å²) >= 11 is 0. The van der Waals surface area contributed by atoms with Gasteiger partial charge in [0.1, 0.15) is 0 Å². The van der Waals surface area contributed by atoms with Crippen molar-refractivity contribution in [3.05, 3.63) is 18.2 Å². The maximum absolute atomic E-state index is 11.9. The summed E-state index contributed by atoms with van der Waals surface area (Å²) in [6, 6.07) is 5.46. The third-order valence-electron chi connectivity index (χ3n) is 3.38. The van der Waals surface area contributed by atoms with Gasteiger partial charge in [-0.05, 0) is 12.1 Å². The Morgan fingerprint density at radius 1 is 1.22 bits per heavy atom. The van der Waals surface area contributed by atoms with E-state index >= 15 is 0 Å². The molecule has 0 bridgehead atoms. The second-order valence-corrected chi connectivity index (χ2v) is 4.75. The highest BCUT2D eigenvalue weighted by Crippen LogP contribution is 2.34. The summed E-state index contributed by atoms with van der Waals surface area (Å²) in [5, 5.41) is 2.90. The average molecular weight is 249 g/mol. The third kappa shape index (κ3) is 2.41. The highest BCUT2D eigenvalue weighted by Gasteiger charge is 2.19. The van der Waals surface area contributed by atoms with Crippen LogP contribution < -0.4 is 19.7 Å². The first kappa shape index (κ1) is 11.3. The van der Waals surface area contributed by atoms with Crippen molar-refractivity contribution in [3.8, 4) is 11.5 Å². The first-order chi connectivity index (χ1) is 8.81. The van der Waals surface area contributed by atoms with Crippen molar-refractivity contribution in [1.82, 2.24) is 0 Å². The molecule has 1 aromatic carbocycles. The number of benzene rings is 1. The van der Waals surface area contributed by atoms with Gasteiger partial charge in [-0.15, -0.1) is 0 Å². The van der Waals surface area contributed by atoms with Gasteiger partial charge in [0.25, 0.3) is 5.91 Å². The summed E-state index contributed by atoms with van der Waals surface area (Å²) in [6.45, 7) is 3.02. The number of quaternary nitrogens is 1. The van der Waals surface area contributed by atoms with E-state index in [1.54, 1.807) is 6.07 Å². The fourth-order valence-corrected chi connectivity index (χ4v) is 2.46. The summed E-state index contributed by atoms with van der Waals surface area (Å²) in [5.74, 6) is 1.49. The molecule has 0 spiro atoms. The van der Waals surface area contributed by atoms with Gasteiger partial charge in [0.15, 0.2) is 18.0 Å². The van der Waals surface area contributed by atoms with E-state index in [1.807, 2.05) is 12.1 Å². The van der Waals surface area contributed by atoms with E-state index in [-0.39, 0.29) is 12.7 Å². The average Bonchev–Trinajstić information content (AvgIpc) is 2.98. The molecule has 3 rings (SSSR count). The highest BCUT2D eigenvalue weighted by atomic mass is 16.7. The summed E-state index contributed by atoms with van der Waals surface area (Å²) in [5.41, 5.74) is 0.767. The first-order valence-corrected chi connectivity index (χ1v) is 6.34. The molecule has 1 amide bonds. The van der Waals surface area contributed by atoms with E-state index in [9.17, 15) is 4.79 Å². The van der Waals surface area contributed by atoms with Crippen molar-refractivity contribution in [2.24, 2.45) is 0 Å². The Hall–Kier alpha value is -1.75. The van der Waals surface area contributed by atoms with Crippen LogP contribution in [0.1, 0.15) is 12.8 Å². The molecule has 1 saturated heterocycles. The topological polar surface area (TPSA) is 52.0 Å². The largest absolute Gasteiger partial charge is 0.454 e. The molecule has 0 saturated carbocycles. The minimum Gasteiger partial charge on any atom is -0.454 e. The number of rotatable bonds is 3. The molecule has 2 aliphatic heterocycles. The molecule has 0 aromatic heterocycles. The van der Waals surface area contributed by atoms with E-state index < -0.39 is 0 Å². The van der Waals surface area contributed by atoms with Crippen LogP contribution in [-0.2, 0) is 4.79 Å². The first-order valence-electron chi connectivity index (χ1n) is 6.34. The maximum Gasteiger partial charge on any atom is 0.279 e.